The number of fused-ring (bicyclic) bond motifs is 2. The van der Waals surface area contributed by atoms with E-state index >= 15 is 4.11 Å². The molecule has 1 fully saturated rings. The minimum Gasteiger partial charge on any atom is -0.396 e. The Hall–Kier alpha value is -3.93. The van der Waals surface area contributed by atoms with Crippen LogP contribution in [0.4, 0.5) is 26.9 Å². The highest BCUT2D eigenvalue weighted by Gasteiger charge is 2.66. The van der Waals surface area contributed by atoms with Gasteiger partial charge in [0, 0.05) is 47.1 Å². The fourth-order valence-corrected chi connectivity index (χ4v) is 9.09. The smallest absolute Gasteiger partial charge is 0.269 e. The Bertz CT molecular complexity index is 1480. The van der Waals surface area contributed by atoms with Crippen LogP contribution >= 0.6 is 0 Å². The van der Waals surface area contributed by atoms with Gasteiger partial charge in [-0.15, -0.1) is 0 Å². The monoisotopic (exact) mass is 577 g/mol. The van der Waals surface area contributed by atoms with E-state index < -0.39 is 42.4 Å². The highest BCUT2D eigenvalue weighted by Crippen LogP contribution is 2.60. The number of aliphatic hydroxyl groups is 1. The van der Waals surface area contributed by atoms with Crippen molar-refractivity contribution in [2.45, 2.75) is 50.2 Å². The Balaban J connectivity index is 1.58. The van der Waals surface area contributed by atoms with E-state index in [4.69, 9.17) is 4.74 Å². The second-order valence-corrected chi connectivity index (χ2v) is 14.9. The number of ether oxygens (including phenoxy) is 1. The summed E-state index contributed by atoms with van der Waals surface area (Å²) in [5.41, 5.74) is 0.360. The Morgan fingerprint density at radius 2 is 1.83 bits per heavy atom. The van der Waals surface area contributed by atoms with Crippen LogP contribution in [-0.2, 0) is 26.5 Å². The van der Waals surface area contributed by atoms with E-state index in [2.05, 4.69) is 0 Å². The largest absolute Gasteiger partial charge is 0.396 e. The van der Waals surface area contributed by atoms with E-state index in [0.717, 1.165) is 6.41 Å². The molecule has 2 aliphatic rings. The number of anilines is 3. The van der Waals surface area contributed by atoms with Gasteiger partial charge in [-0.3, -0.25) is 24.6 Å². The zero-order valence-corrected chi connectivity index (χ0v) is 24.1. The molecular weight excluding hydrogens is 545 g/mol. The summed E-state index contributed by atoms with van der Waals surface area (Å²) in [4.78, 5) is 40.6. The van der Waals surface area contributed by atoms with Crippen molar-refractivity contribution in [1.29, 1.82) is 0 Å². The number of para-hydroxylation sites is 1. The van der Waals surface area contributed by atoms with Crippen molar-refractivity contribution < 1.29 is 28.5 Å². The van der Waals surface area contributed by atoms with E-state index in [1.54, 1.807) is 38.2 Å². The van der Waals surface area contributed by atoms with E-state index in [-0.39, 0.29) is 25.3 Å². The van der Waals surface area contributed by atoms with Crippen molar-refractivity contribution in [3.8, 4) is 0 Å². The van der Waals surface area contributed by atoms with Gasteiger partial charge >= 0.3 is 0 Å². The number of benzene rings is 3. The molecule has 214 valence electrons. The lowest BCUT2D eigenvalue weighted by Gasteiger charge is -2.31. The first-order valence-electron chi connectivity index (χ1n) is 13.5. The molecule has 11 heteroatoms. The third-order valence-corrected chi connectivity index (χ3v) is 10.7. The first-order valence-corrected chi connectivity index (χ1v) is 16.5. The molecule has 2 aliphatic heterocycles. The molecule has 3 aromatic carbocycles. The third kappa shape index (κ3) is 4.83. The summed E-state index contributed by atoms with van der Waals surface area (Å²) in [6.07, 6.45) is 0.155. The lowest BCUT2D eigenvalue weighted by Crippen LogP contribution is -2.45. The molecule has 1 spiro atoms. The Morgan fingerprint density at radius 1 is 1.12 bits per heavy atom. The quantitative estimate of drug-likeness (QED) is 0.117. The molecule has 4 atom stereocenters. The summed E-state index contributed by atoms with van der Waals surface area (Å²) in [5, 5.41) is 21.4. The number of rotatable bonds is 9. The molecule has 0 unspecified atom stereocenters. The van der Waals surface area contributed by atoms with Gasteiger partial charge in [0.15, 0.2) is 5.60 Å². The minimum absolute atomic E-state index is 0.0998. The number of nitro benzene ring substituents is 1. The fourth-order valence-electron chi connectivity index (χ4n) is 6.55. The van der Waals surface area contributed by atoms with Crippen molar-refractivity contribution in [2.75, 3.05) is 16.4 Å². The Labute approximate surface area is 238 Å². The minimum atomic E-state index is -3.40. The number of amides is 2. The van der Waals surface area contributed by atoms with Crippen LogP contribution in [0.3, 0.4) is 0 Å². The summed E-state index contributed by atoms with van der Waals surface area (Å²) < 4.78 is 22.2. The van der Waals surface area contributed by atoms with Gasteiger partial charge in [-0.25, -0.2) is 0 Å². The number of hydrogen-bond donors (Lipinski definition) is 1. The molecule has 3 aromatic rings. The standard InChI is InChI=1S/C30H32FN3O6Si/c1-20-28(41(2,3)31)27(14-15-35)40-30(20)25-17-24(34(38)39)12-13-26(25)32(29(30)37)18-21-8-7-11-23(16-21)33(19-36)22-9-5-4-6-10-22/h4-13,16-17,19-20,27-28,35H,14-15,18H2,1-3H3/t20-,27+,28-,30+/m1/s1. The summed E-state index contributed by atoms with van der Waals surface area (Å²) in [6.45, 7) is 4.74. The molecule has 9 nitrogen and oxygen atoms in total. The van der Waals surface area contributed by atoms with Crippen LogP contribution in [0.1, 0.15) is 24.5 Å². The molecule has 5 rings (SSSR count). The predicted octanol–water partition coefficient (Wildman–Crippen LogP) is 5.59. The number of non-ortho nitro benzene ring substituents is 1. The number of aliphatic hydroxyl groups excluding tert-OH is 1. The number of nitrogens with zero attached hydrogens (tertiary/aromatic N) is 3. The van der Waals surface area contributed by atoms with Gasteiger partial charge in [-0.05, 0) is 55.4 Å². The van der Waals surface area contributed by atoms with Gasteiger partial charge in [-0.2, -0.15) is 0 Å². The highest BCUT2D eigenvalue weighted by atomic mass is 28.4. The van der Waals surface area contributed by atoms with Crippen molar-refractivity contribution >= 4 is 43.5 Å². The van der Waals surface area contributed by atoms with E-state index in [9.17, 15) is 24.8 Å². The topological polar surface area (TPSA) is 113 Å². The molecule has 0 saturated carbocycles. The summed E-state index contributed by atoms with van der Waals surface area (Å²) in [5.74, 6) is -1.05. The lowest BCUT2D eigenvalue weighted by atomic mass is 9.82. The molecule has 41 heavy (non-hydrogen) atoms. The molecule has 0 bridgehead atoms. The zero-order chi connectivity index (χ0) is 29.5. The Kier molecular flexibility index (Phi) is 7.53. The molecule has 1 saturated heterocycles. The number of hydrogen-bond acceptors (Lipinski definition) is 6. The normalized spacial score (nSPS) is 23.6. The van der Waals surface area contributed by atoms with Crippen LogP contribution < -0.4 is 9.80 Å². The molecule has 2 heterocycles. The maximum atomic E-state index is 15.7. The van der Waals surface area contributed by atoms with Crippen molar-refractivity contribution in [1.82, 2.24) is 0 Å². The number of nitro groups is 1. The third-order valence-electron chi connectivity index (χ3n) is 8.24. The van der Waals surface area contributed by atoms with Crippen molar-refractivity contribution in [3.05, 3.63) is 94.0 Å². The molecular formula is C30H32FN3O6Si. The number of carbonyl (C=O) groups excluding carboxylic acids is 2. The fraction of sp³-hybridized carbons (Fsp3) is 0.333. The highest BCUT2D eigenvalue weighted by molar-refractivity contribution is 6.72. The lowest BCUT2D eigenvalue weighted by molar-refractivity contribution is -0.385. The first kappa shape index (κ1) is 28.6. The Morgan fingerprint density at radius 3 is 2.46 bits per heavy atom. The summed E-state index contributed by atoms with van der Waals surface area (Å²) in [7, 11) is -3.40. The second kappa shape index (κ2) is 10.8. The van der Waals surface area contributed by atoms with Gasteiger partial charge < -0.3 is 18.9 Å². The molecule has 0 aliphatic carbocycles. The first-order chi connectivity index (χ1) is 19.5. The van der Waals surface area contributed by atoms with Crippen LogP contribution in [-0.4, -0.2) is 43.5 Å². The maximum Gasteiger partial charge on any atom is 0.269 e. The van der Waals surface area contributed by atoms with Crippen LogP contribution in [0.5, 0.6) is 0 Å². The maximum absolute atomic E-state index is 15.7. The zero-order valence-electron chi connectivity index (χ0n) is 23.1. The van der Waals surface area contributed by atoms with Crippen molar-refractivity contribution in [3.63, 3.8) is 0 Å². The number of halogens is 1. The van der Waals surface area contributed by atoms with Gasteiger partial charge in [0.2, 0.25) is 14.8 Å². The molecule has 2 amide bonds. The van der Waals surface area contributed by atoms with Crippen LogP contribution in [0.25, 0.3) is 0 Å². The van der Waals surface area contributed by atoms with E-state index in [1.807, 2.05) is 36.4 Å². The average Bonchev–Trinajstić information content (AvgIpc) is 3.36. The van der Waals surface area contributed by atoms with Crippen LogP contribution in [0, 0.1) is 16.0 Å². The predicted molar refractivity (Wildman–Crippen MR) is 155 cm³/mol. The number of carbonyl (C=O) groups is 2. The second-order valence-electron chi connectivity index (χ2n) is 11.1. The summed E-state index contributed by atoms with van der Waals surface area (Å²) in [6, 6.07) is 20.6. The van der Waals surface area contributed by atoms with Crippen LogP contribution in [0.2, 0.25) is 18.6 Å². The van der Waals surface area contributed by atoms with Crippen LogP contribution in [0.15, 0.2) is 72.8 Å². The summed E-state index contributed by atoms with van der Waals surface area (Å²) >= 11 is 0. The molecule has 0 radical (unpaired) electrons. The van der Waals surface area contributed by atoms with Gasteiger partial charge in [0.05, 0.1) is 23.3 Å². The van der Waals surface area contributed by atoms with Gasteiger partial charge in [-0.1, -0.05) is 37.3 Å². The SMILES string of the molecule is C[C@@H]1[C@@H]([Si](C)(C)F)[C@H](CCO)O[C@@]12C(=O)N(Cc1cccc(N(C=O)c3ccccc3)c1)c1ccc([N+](=O)[O-])cc12. The van der Waals surface area contributed by atoms with E-state index in [0.29, 0.717) is 28.2 Å². The van der Waals surface area contributed by atoms with Gasteiger partial charge in [0.25, 0.3) is 11.6 Å². The molecule has 1 N–H and O–H groups in total. The van der Waals surface area contributed by atoms with Gasteiger partial charge in [0.1, 0.15) is 0 Å². The average molecular weight is 578 g/mol. The molecule has 0 aromatic heterocycles. The van der Waals surface area contributed by atoms with E-state index in [1.165, 1.54) is 28.0 Å². The van der Waals surface area contributed by atoms with Crippen molar-refractivity contribution in [2.24, 2.45) is 5.92 Å².